The standard InChI is InChI=1S/C31H34O10P/c1-31(2,42(35)30(34)26-22(40-7)16-11-17-23(26)41-8)27(28(32)24-18(36-3)12-9-13-19(24)37-4)29(33)25-20(38-5)14-10-15-21(25)39-6/h9-17,27H,1-8H3/q+1. The van der Waals surface area contributed by atoms with Gasteiger partial charge in [-0.3, -0.25) is 9.59 Å². The van der Waals surface area contributed by atoms with Crippen LogP contribution in [0.1, 0.15) is 44.9 Å². The molecule has 0 N–H and O–H groups in total. The summed E-state index contributed by atoms with van der Waals surface area (Å²) in [6, 6.07) is 14.1. The molecule has 0 saturated carbocycles. The van der Waals surface area contributed by atoms with Crippen molar-refractivity contribution in [3.63, 3.8) is 0 Å². The van der Waals surface area contributed by atoms with Crippen molar-refractivity contribution in [3.8, 4) is 34.5 Å². The first-order chi connectivity index (χ1) is 20.0. The summed E-state index contributed by atoms with van der Waals surface area (Å²) in [4.78, 5) is 42.9. The molecule has 0 aliphatic rings. The molecular formula is C31H34O10P+. The molecule has 3 aromatic carbocycles. The largest absolute Gasteiger partial charge is 0.496 e. The van der Waals surface area contributed by atoms with Gasteiger partial charge in [0.25, 0.3) is 0 Å². The van der Waals surface area contributed by atoms with E-state index in [9.17, 15) is 18.9 Å². The zero-order valence-electron chi connectivity index (χ0n) is 24.8. The van der Waals surface area contributed by atoms with E-state index in [1.165, 1.54) is 68.6 Å². The number of rotatable bonds is 14. The van der Waals surface area contributed by atoms with Crippen LogP contribution in [0.5, 0.6) is 34.5 Å². The number of hydrogen-bond acceptors (Lipinski definition) is 10. The van der Waals surface area contributed by atoms with E-state index in [-0.39, 0.29) is 51.2 Å². The summed E-state index contributed by atoms with van der Waals surface area (Å²) in [7, 11) is 5.20. The van der Waals surface area contributed by atoms with E-state index in [4.69, 9.17) is 28.4 Å². The van der Waals surface area contributed by atoms with Gasteiger partial charge < -0.3 is 28.4 Å². The SMILES string of the molecule is COc1cccc(OC)c1C(=O)C(C(=O)c1c(OC)cccc1OC)C(C)(C)[P+](=O)C(=O)c1c(OC)cccc1OC. The average molecular weight is 598 g/mol. The van der Waals surface area contributed by atoms with Gasteiger partial charge in [-0.25, -0.2) is 4.79 Å². The molecule has 10 nitrogen and oxygen atoms in total. The Balaban J connectivity index is 2.32. The first-order valence-corrected chi connectivity index (χ1v) is 14.0. The van der Waals surface area contributed by atoms with Crippen LogP contribution in [0.2, 0.25) is 0 Å². The van der Waals surface area contributed by atoms with Crippen LogP contribution >= 0.6 is 7.80 Å². The van der Waals surface area contributed by atoms with Crippen LogP contribution in [0.4, 0.5) is 0 Å². The molecule has 0 radical (unpaired) electrons. The number of carbonyl (C=O) groups excluding carboxylic acids is 3. The second kappa shape index (κ2) is 13.5. The highest BCUT2D eigenvalue weighted by Gasteiger charge is 2.59. The van der Waals surface area contributed by atoms with Crippen LogP contribution in [0, 0.1) is 5.92 Å². The molecule has 0 bridgehead atoms. The van der Waals surface area contributed by atoms with E-state index in [1.54, 1.807) is 42.5 Å². The van der Waals surface area contributed by atoms with E-state index in [2.05, 4.69) is 0 Å². The number of ketones is 2. The summed E-state index contributed by atoms with van der Waals surface area (Å²) in [5, 5.41) is -1.77. The molecule has 0 aliphatic heterocycles. The molecular weight excluding hydrogens is 563 g/mol. The molecule has 0 heterocycles. The first-order valence-electron chi connectivity index (χ1n) is 12.8. The molecule has 0 amide bonds. The van der Waals surface area contributed by atoms with Gasteiger partial charge in [0.2, 0.25) is 0 Å². The van der Waals surface area contributed by atoms with E-state index in [0.717, 1.165) is 0 Å². The van der Waals surface area contributed by atoms with Gasteiger partial charge in [0.15, 0.2) is 22.3 Å². The fourth-order valence-electron chi connectivity index (χ4n) is 4.78. The molecule has 11 heteroatoms. The Bertz CT molecular complexity index is 1380. The third-order valence-corrected chi connectivity index (χ3v) is 8.83. The van der Waals surface area contributed by atoms with E-state index in [1.807, 2.05) is 0 Å². The molecule has 0 saturated heterocycles. The van der Waals surface area contributed by atoms with Crippen molar-refractivity contribution >= 4 is 24.9 Å². The quantitative estimate of drug-likeness (QED) is 0.127. The van der Waals surface area contributed by atoms with E-state index < -0.39 is 36.0 Å². The Morgan fingerprint density at radius 1 is 0.548 bits per heavy atom. The summed E-state index contributed by atoms with van der Waals surface area (Å²) < 4.78 is 46.8. The van der Waals surface area contributed by atoms with Gasteiger partial charge in [-0.15, -0.1) is 0 Å². The van der Waals surface area contributed by atoms with Gasteiger partial charge in [-0.1, -0.05) is 22.8 Å². The molecule has 3 aromatic rings. The van der Waals surface area contributed by atoms with Gasteiger partial charge in [-0.05, 0) is 50.2 Å². The minimum Gasteiger partial charge on any atom is -0.496 e. The Hall–Kier alpha value is -4.43. The minimum atomic E-state index is -3.00. The summed E-state index contributed by atoms with van der Waals surface area (Å²) in [5.41, 5.74) is -1.02. The van der Waals surface area contributed by atoms with Crippen molar-refractivity contribution in [1.82, 2.24) is 0 Å². The number of methoxy groups -OCH3 is 6. The Morgan fingerprint density at radius 3 is 1.07 bits per heavy atom. The van der Waals surface area contributed by atoms with Crippen molar-refractivity contribution in [1.29, 1.82) is 0 Å². The molecule has 0 aliphatic carbocycles. The van der Waals surface area contributed by atoms with Crippen molar-refractivity contribution in [3.05, 3.63) is 71.3 Å². The number of ether oxygens (including phenoxy) is 6. The second-order valence-corrected chi connectivity index (χ2v) is 11.7. The van der Waals surface area contributed by atoms with Crippen LogP contribution in [0.15, 0.2) is 54.6 Å². The molecule has 0 aromatic heterocycles. The number of carbonyl (C=O) groups is 3. The molecule has 0 spiro atoms. The van der Waals surface area contributed by atoms with Crippen LogP contribution in [0.25, 0.3) is 0 Å². The zero-order chi connectivity index (χ0) is 31.2. The lowest BCUT2D eigenvalue weighted by molar-refractivity contribution is 0.0772. The fraction of sp³-hybridized carbons (Fsp3) is 0.323. The Morgan fingerprint density at radius 2 is 0.810 bits per heavy atom. The van der Waals surface area contributed by atoms with Crippen LogP contribution in [-0.2, 0) is 4.57 Å². The van der Waals surface area contributed by atoms with Gasteiger partial charge in [0.05, 0.1) is 42.7 Å². The summed E-state index contributed by atoms with van der Waals surface area (Å²) >= 11 is 0. The zero-order valence-corrected chi connectivity index (χ0v) is 25.7. The molecule has 1 atom stereocenters. The normalized spacial score (nSPS) is 11.4. The second-order valence-electron chi connectivity index (χ2n) is 9.53. The maximum absolute atomic E-state index is 14.5. The predicted octanol–water partition coefficient (Wildman–Crippen LogP) is 5.87. The molecule has 42 heavy (non-hydrogen) atoms. The smallest absolute Gasteiger partial charge is 0.427 e. The maximum Gasteiger partial charge on any atom is 0.427 e. The summed E-state index contributed by atoms with van der Waals surface area (Å²) in [6.07, 6.45) is 0. The van der Waals surface area contributed by atoms with Gasteiger partial charge in [0, 0.05) is 0 Å². The van der Waals surface area contributed by atoms with Crippen molar-refractivity contribution in [2.24, 2.45) is 5.92 Å². The highest BCUT2D eigenvalue weighted by Crippen LogP contribution is 2.52. The van der Waals surface area contributed by atoms with Crippen molar-refractivity contribution < 1.29 is 47.4 Å². The number of benzene rings is 3. The maximum atomic E-state index is 14.5. The lowest BCUT2D eigenvalue weighted by atomic mass is 9.80. The average Bonchev–Trinajstić information content (AvgIpc) is 3.02. The van der Waals surface area contributed by atoms with Gasteiger partial charge in [-0.2, -0.15) is 0 Å². The summed E-state index contributed by atoms with van der Waals surface area (Å²) in [5.74, 6) is -2.44. The highest BCUT2D eigenvalue weighted by molar-refractivity contribution is 7.66. The van der Waals surface area contributed by atoms with Crippen molar-refractivity contribution in [2.45, 2.75) is 19.0 Å². The van der Waals surface area contributed by atoms with Gasteiger partial charge >= 0.3 is 13.3 Å². The van der Waals surface area contributed by atoms with Crippen LogP contribution in [0.3, 0.4) is 0 Å². The van der Waals surface area contributed by atoms with E-state index >= 15 is 0 Å². The molecule has 3 rings (SSSR count). The molecule has 222 valence electrons. The first kappa shape index (κ1) is 32.1. The molecule has 1 unspecified atom stereocenters. The predicted molar refractivity (Wildman–Crippen MR) is 157 cm³/mol. The Kier molecular flexibility index (Phi) is 10.3. The van der Waals surface area contributed by atoms with Gasteiger partial charge in [0.1, 0.15) is 51.5 Å². The van der Waals surface area contributed by atoms with Crippen molar-refractivity contribution in [2.75, 3.05) is 42.7 Å². The van der Waals surface area contributed by atoms with Crippen LogP contribution < -0.4 is 28.4 Å². The third kappa shape index (κ3) is 5.81. The molecule has 0 fully saturated rings. The number of Topliss-reactive ketones (excluding diaryl/α,β-unsaturated/α-hetero) is 2. The summed E-state index contributed by atoms with van der Waals surface area (Å²) in [6.45, 7) is 2.85. The topological polar surface area (TPSA) is 124 Å². The fourth-order valence-corrected chi connectivity index (χ4v) is 6.20. The minimum absolute atomic E-state index is 0.0477. The van der Waals surface area contributed by atoms with Crippen LogP contribution in [-0.4, -0.2) is 64.9 Å². The lowest BCUT2D eigenvalue weighted by Gasteiger charge is -2.26. The van der Waals surface area contributed by atoms with E-state index in [0.29, 0.717) is 0 Å². The number of hydrogen-bond donors (Lipinski definition) is 0. The Labute approximate surface area is 245 Å². The highest BCUT2D eigenvalue weighted by atomic mass is 31.1. The third-order valence-electron chi connectivity index (χ3n) is 6.93. The lowest BCUT2D eigenvalue weighted by Crippen LogP contribution is -2.41. The monoisotopic (exact) mass is 597 g/mol.